The fraction of sp³-hybridized carbons (Fsp3) is 1.00. The van der Waals surface area contributed by atoms with Crippen molar-refractivity contribution in [3.05, 3.63) is 0 Å². The third-order valence-electron chi connectivity index (χ3n) is 4.27. The summed E-state index contributed by atoms with van der Waals surface area (Å²) in [5.74, 6) is -2.56. The molecular weight excluding hydrogens is 236 g/mol. The van der Waals surface area contributed by atoms with Crippen LogP contribution < -0.4 is 0 Å². The molecule has 0 bridgehead atoms. The maximum atomic E-state index is 14.1. The van der Waals surface area contributed by atoms with E-state index in [4.69, 9.17) is 0 Å². The molecule has 106 valence electrons. The van der Waals surface area contributed by atoms with Crippen LogP contribution in [-0.4, -0.2) is 79.0 Å². The molecule has 1 atom stereocenters. The highest BCUT2D eigenvalue weighted by Crippen LogP contribution is 2.31. The van der Waals surface area contributed by atoms with E-state index in [0.29, 0.717) is 12.5 Å². The van der Waals surface area contributed by atoms with Crippen molar-refractivity contribution < 1.29 is 8.78 Å². The largest absolute Gasteiger partial charge is 0.300 e. The average molecular weight is 261 g/mol. The van der Waals surface area contributed by atoms with Gasteiger partial charge in [0.25, 0.3) is 5.92 Å². The summed E-state index contributed by atoms with van der Waals surface area (Å²) in [6.07, 6.45) is 0.588. The summed E-state index contributed by atoms with van der Waals surface area (Å²) in [7, 11) is 1.78. The molecule has 0 radical (unpaired) electrons. The fourth-order valence-electron chi connectivity index (χ4n) is 3.11. The molecule has 0 aromatic rings. The van der Waals surface area contributed by atoms with E-state index in [9.17, 15) is 8.78 Å². The zero-order valence-corrected chi connectivity index (χ0v) is 11.7. The molecule has 2 aliphatic heterocycles. The minimum absolute atomic E-state index is 0.0952. The highest BCUT2D eigenvalue weighted by Gasteiger charge is 2.46. The van der Waals surface area contributed by atoms with Gasteiger partial charge in [0, 0.05) is 32.2 Å². The Kier molecular flexibility index (Phi) is 4.24. The smallest absolute Gasteiger partial charge is 0.275 e. The van der Waals surface area contributed by atoms with Crippen LogP contribution in [0.1, 0.15) is 20.3 Å². The predicted octanol–water partition coefficient (Wildman–Crippen LogP) is 1.35. The maximum Gasteiger partial charge on any atom is 0.275 e. The Bertz CT molecular complexity index is 275. The van der Waals surface area contributed by atoms with E-state index >= 15 is 0 Å². The first-order valence-corrected chi connectivity index (χ1v) is 6.94. The van der Waals surface area contributed by atoms with Crippen molar-refractivity contribution in [3.8, 4) is 0 Å². The van der Waals surface area contributed by atoms with Crippen LogP contribution in [0.4, 0.5) is 8.78 Å². The molecule has 0 aromatic carbocycles. The summed E-state index contributed by atoms with van der Waals surface area (Å²) in [5, 5.41) is 0. The minimum atomic E-state index is -2.56. The Labute approximate surface area is 109 Å². The van der Waals surface area contributed by atoms with Gasteiger partial charge >= 0.3 is 0 Å². The van der Waals surface area contributed by atoms with E-state index in [1.54, 1.807) is 11.9 Å². The van der Waals surface area contributed by atoms with Crippen LogP contribution in [0.5, 0.6) is 0 Å². The monoisotopic (exact) mass is 261 g/mol. The summed E-state index contributed by atoms with van der Waals surface area (Å²) >= 11 is 0. The van der Waals surface area contributed by atoms with E-state index in [2.05, 4.69) is 18.7 Å². The van der Waals surface area contributed by atoms with Crippen molar-refractivity contribution in [3.63, 3.8) is 0 Å². The van der Waals surface area contributed by atoms with Gasteiger partial charge in [-0.25, -0.2) is 8.78 Å². The zero-order chi connectivity index (χ0) is 13.3. The summed E-state index contributed by atoms with van der Waals surface area (Å²) in [6.45, 7) is 8.41. The number of hydrogen-bond acceptors (Lipinski definition) is 3. The molecule has 3 nitrogen and oxygen atoms in total. The normalized spacial score (nSPS) is 32.0. The molecule has 0 saturated carbocycles. The Morgan fingerprint density at radius 1 is 1.06 bits per heavy atom. The van der Waals surface area contributed by atoms with Gasteiger partial charge in [0.1, 0.15) is 0 Å². The Balaban J connectivity index is 1.93. The van der Waals surface area contributed by atoms with Gasteiger partial charge in [-0.15, -0.1) is 0 Å². The highest BCUT2D eigenvalue weighted by atomic mass is 19.3. The lowest BCUT2D eigenvalue weighted by Crippen LogP contribution is -2.61. The van der Waals surface area contributed by atoms with Gasteiger partial charge in [0.05, 0.1) is 12.6 Å². The van der Waals surface area contributed by atoms with Crippen molar-refractivity contribution in [2.75, 3.05) is 46.3 Å². The van der Waals surface area contributed by atoms with E-state index in [1.165, 1.54) is 0 Å². The van der Waals surface area contributed by atoms with Crippen molar-refractivity contribution in [2.45, 2.75) is 38.3 Å². The Hall–Kier alpha value is -0.260. The van der Waals surface area contributed by atoms with Crippen LogP contribution in [0.25, 0.3) is 0 Å². The summed E-state index contributed by atoms with van der Waals surface area (Å²) < 4.78 is 28.1. The zero-order valence-electron chi connectivity index (χ0n) is 11.7. The lowest BCUT2D eigenvalue weighted by Gasteiger charge is -2.46. The minimum Gasteiger partial charge on any atom is -0.300 e. The number of alkyl halides is 2. The third-order valence-corrected chi connectivity index (χ3v) is 4.27. The molecule has 0 N–H and O–H groups in total. The molecule has 2 fully saturated rings. The van der Waals surface area contributed by atoms with Crippen LogP contribution in [0.15, 0.2) is 0 Å². The van der Waals surface area contributed by atoms with Gasteiger partial charge < -0.3 is 4.90 Å². The van der Waals surface area contributed by atoms with Crippen LogP contribution in [0, 0.1) is 0 Å². The lowest BCUT2D eigenvalue weighted by molar-refractivity contribution is -0.130. The molecule has 0 spiro atoms. The van der Waals surface area contributed by atoms with E-state index in [-0.39, 0.29) is 6.54 Å². The predicted molar refractivity (Wildman–Crippen MR) is 69.1 cm³/mol. The number of piperidine rings is 1. The standard InChI is InChI=1S/C13H25F2N3/c1-11(2)17-6-8-18(9-7-17)12-4-5-16(3)10-13(12,14)15/h11-12H,4-10H2,1-3H3. The molecule has 2 rings (SSSR count). The van der Waals surface area contributed by atoms with E-state index in [1.807, 2.05) is 4.90 Å². The van der Waals surface area contributed by atoms with Gasteiger partial charge in [-0.05, 0) is 33.9 Å². The molecule has 2 saturated heterocycles. The first-order chi connectivity index (χ1) is 8.40. The second-order valence-electron chi connectivity index (χ2n) is 5.97. The fourth-order valence-corrected chi connectivity index (χ4v) is 3.11. The van der Waals surface area contributed by atoms with Crippen LogP contribution in [0.3, 0.4) is 0 Å². The van der Waals surface area contributed by atoms with Gasteiger partial charge in [0.15, 0.2) is 0 Å². The average Bonchev–Trinajstić information content (AvgIpc) is 2.28. The first-order valence-electron chi connectivity index (χ1n) is 6.94. The number of nitrogens with zero attached hydrogens (tertiary/aromatic N) is 3. The summed E-state index contributed by atoms with van der Waals surface area (Å²) in [5.41, 5.74) is 0. The van der Waals surface area contributed by atoms with Crippen LogP contribution in [0.2, 0.25) is 0 Å². The number of rotatable bonds is 2. The molecule has 2 heterocycles. The maximum absolute atomic E-state index is 14.1. The Morgan fingerprint density at radius 2 is 1.67 bits per heavy atom. The van der Waals surface area contributed by atoms with Gasteiger partial charge in [-0.2, -0.15) is 0 Å². The van der Waals surface area contributed by atoms with Crippen molar-refractivity contribution in [1.82, 2.24) is 14.7 Å². The molecule has 5 heteroatoms. The van der Waals surface area contributed by atoms with Crippen molar-refractivity contribution in [2.24, 2.45) is 0 Å². The molecule has 0 aromatic heterocycles. The number of likely N-dealkylation sites (tertiary alicyclic amines) is 1. The molecule has 18 heavy (non-hydrogen) atoms. The third kappa shape index (κ3) is 3.00. The molecule has 0 amide bonds. The summed E-state index contributed by atoms with van der Waals surface area (Å²) in [6, 6.07) is -0.0341. The molecular formula is C13H25F2N3. The van der Waals surface area contributed by atoms with E-state index in [0.717, 1.165) is 32.7 Å². The van der Waals surface area contributed by atoms with Crippen LogP contribution >= 0.6 is 0 Å². The Morgan fingerprint density at radius 3 is 2.17 bits per heavy atom. The lowest BCUT2D eigenvalue weighted by atomic mass is 9.98. The second-order valence-corrected chi connectivity index (χ2v) is 5.97. The quantitative estimate of drug-likeness (QED) is 0.743. The first kappa shape index (κ1) is 14.2. The number of halogens is 2. The second kappa shape index (κ2) is 5.39. The van der Waals surface area contributed by atoms with Gasteiger partial charge in [-0.3, -0.25) is 9.80 Å². The topological polar surface area (TPSA) is 9.72 Å². The van der Waals surface area contributed by atoms with Crippen molar-refractivity contribution >= 4 is 0 Å². The highest BCUT2D eigenvalue weighted by molar-refractivity contribution is 4.94. The van der Waals surface area contributed by atoms with Gasteiger partial charge in [-0.1, -0.05) is 0 Å². The molecule has 1 unspecified atom stereocenters. The SMILES string of the molecule is CC(C)N1CCN(C2CCN(C)CC2(F)F)CC1. The van der Waals surface area contributed by atoms with Crippen molar-refractivity contribution in [1.29, 1.82) is 0 Å². The van der Waals surface area contributed by atoms with Gasteiger partial charge in [0.2, 0.25) is 0 Å². The summed E-state index contributed by atoms with van der Waals surface area (Å²) in [4.78, 5) is 6.11. The molecule has 0 aliphatic carbocycles. The number of hydrogen-bond donors (Lipinski definition) is 0. The van der Waals surface area contributed by atoms with Crippen LogP contribution in [-0.2, 0) is 0 Å². The van der Waals surface area contributed by atoms with E-state index < -0.39 is 12.0 Å². The number of piperazine rings is 1. The molecule has 2 aliphatic rings.